The van der Waals surface area contributed by atoms with Gasteiger partial charge in [0.05, 0.1) is 6.54 Å². The Bertz CT molecular complexity index is 706. The number of guanidine groups is 1. The minimum atomic E-state index is -2.88. The molecule has 0 aliphatic rings. The van der Waals surface area contributed by atoms with Crippen LogP contribution in [0.4, 0.5) is 8.78 Å². The third-order valence-corrected chi connectivity index (χ3v) is 3.62. The maximum atomic E-state index is 12.5. The summed E-state index contributed by atoms with van der Waals surface area (Å²) in [4.78, 5) is 8.18. The van der Waals surface area contributed by atoms with E-state index in [1.54, 1.807) is 30.9 Å². The number of hydrogen-bond donors (Lipinski definition) is 2. The largest absolute Gasteiger partial charge is 0.434 e. The zero-order valence-electron chi connectivity index (χ0n) is 13.1. The van der Waals surface area contributed by atoms with Gasteiger partial charge in [0.2, 0.25) is 0 Å². The van der Waals surface area contributed by atoms with Crippen LogP contribution in [0.2, 0.25) is 0 Å². The van der Waals surface area contributed by atoms with Crippen LogP contribution in [0.5, 0.6) is 5.75 Å². The lowest BCUT2D eigenvalue weighted by Crippen LogP contribution is -2.37. The van der Waals surface area contributed by atoms with Crippen LogP contribution in [0.25, 0.3) is 0 Å². The molecule has 130 valence electrons. The van der Waals surface area contributed by atoms with E-state index in [2.05, 4.69) is 46.4 Å². The number of aryl methyl sites for hydroxylation is 1. The van der Waals surface area contributed by atoms with Crippen LogP contribution in [-0.4, -0.2) is 34.4 Å². The first-order valence-corrected chi connectivity index (χ1v) is 7.79. The summed E-state index contributed by atoms with van der Waals surface area (Å²) >= 11 is 3.32. The average Bonchev–Trinajstić information content (AvgIpc) is 2.94. The van der Waals surface area contributed by atoms with E-state index in [0.717, 1.165) is 10.3 Å². The fourth-order valence-electron chi connectivity index (χ4n) is 1.94. The van der Waals surface area contributed by atoms with E-state index in [1.165, 1.54) is 12.4 Å². The molecule has 1 aromatic heterocycles. The highest BCUT2D eigenvalue weighted by Gasteiger charge is 2.11. The maximum Gasteiger partial charge on any atom is 0.387 e. The van der Waals surface area contributed by atoms with Gasteiger partial charge in [-0.1, -0.05) is 15.9 Å². The Labute approximate surface area is 146 Å². The van der Waals surface area contributed by atoms with Gasteiger partial charge in [-0.2, -0.15) is 13.9 Å². The van der Waals surface area contributed by atoms with Crippen molar-refractivity contribution in [2.24, 2.45) is 12.0 Å². The summed E-state index contributed by atoms with van der Waals surface area (Å²) in [5, 5.41) is 10.1. The quantitative estimate of drug-likeness (QED) is 0.571. The lowest BCUT2D eigenvalue weighted by atomic mass is 10.2. The summed E-state index contributed by atoms with van der Waals surface area (Å²) in [6, 6.07) is 4.84. The smallest absolute Gasteiger partial charge is 0.387 e. The molecule has 24 heavy (non-hydrogen) atoms. The molecule has 0 bridgehead atoms. The SMILES string of the molecule is CN=C(NCc1cc(Br)ccc1OC(F)F)NCc1ncnn1C. The fourth-order valence-corrected chi connectivity index (χ4v) is 2.35. The zero-order chi connectivity index (χ0) is 17.5. The van der Waals surface area contributed by atoms with Crippen molar-refractivity contribution in [1.82, 2.24) is 25.4 Å². The van der Waals surface area contributed by atoms with E-state index >= 15 is 0 Å². The normalized spacial score (nSPS) is 11.7. The summed E-state index contributed by atoms with van der Waals surface area (Å²) < 4.78 is 31.9. The summed E-state index contributed by atoms with van der Waals surface area (Å²) in [7, 11) is 3.40. The highest BCUT2D eigenvalue weighted by atomic mass is 79.9. The molecule has 1 heterocycles. The van der Waals surface area contributed by atoms with Crippen LogP contribution in [0, 0.1) is 0 Å². The topological polar surface area (TPSA) is 76.4 Å². The molecule has 0 aliphatic carbocycles. The van der Waals surface area contributed by atoms with E-state index in [-0.39, 0.29) is 12.3 Å². The monoisotopic (exact) mass is 402 g/mol. The lowest BCUT2D eigenvalue weighted by molar-refractivity contribution is -0.0504. The summed E-state index contributed by atoms with van der Waals surface area (Å²) in [6.45, 7) is -2.19. The predicted octanol–water partition coefficient (Wildman–Crippen LogP) is 2.04. The number of aliphatic imine (C=N–C) groups is 1. The van der Waals surface area contributed by atoms with Crippen LogP contribution in [-0.2, 0) is 20.1 Å². The molecule has 0 saturated carbocycles. The van der Waals surface area contributed by atoms with E-state index in [9.17, 15) is 8.78 Å². The van der Waals surface area contributed by atoms with Gasteiger partial charge in [-0.25, -0.2) is 4.98 Å². The number of nitrogens with one attached hydrogen (secondary N) is 2. The van der Waals surface area contributed by atoms with Crippen molar-refractivity contribution in [3.63, 3.8) is 0 Å². The molecular weight excluding hydrogens is 386 g/mol. The molecule has 7 nitrogen and oxygen atoms in total. The van der Waals surface area contributed by atoms with Crippen molar-refractivity contribution in [1.29, 1.82) is 0 Å². The highest BCUT2D eigenvalue weighted by molar-refractivity contribution is 9.10. The molecule has 2 N–H and O–H groups in total. The van der Waals surface area contributed by atoms with Gasteiger partial charge in [-0.05, 0) is 18.2 Å². The Kier molecular flexibility index (Phi) is 6.47. The summed E-state index contributed by atoms with van der Waals surface area (Å²) in [5.74, 6) is 1.35. The first-order valence-electron chi connectivity index (χ1n) is 7.00. The molecule has 0 aliphatic heterocycles. The maximum absolute atomic E-state index is 12.5. The average molecular weight is 403 g/mol. The third-order valence-electron chi connectivity index (χ3n) is 3.13. The van der Waals surface area contributed by atoms with Gasteiger partial charge >= 0.3 is 6.61 Å². The van der Waals surface area contributed by atoms with E-state index in [4.69, 9.17) is 0 Å². The molecule has 2 aromatic rings. The second-order valence-corrected chi connectivity index (χ2v) is 5.63. The second-order valence-electron chi connectivity index (χ2n) is 4.71. The first kappa shape index (κ1) is 18.1. The van der Waals surface area contributed by atoms with Crippen molar-refractivity contribution in [2.75, 3.05) is 7.05 Å². The second kappa shape index (κ2) is 8.57. The summed E-state index contributed by atoms with van der Waals surface area (Å²) in [6.07, 6.45) is 1.46. The van der Waals surface area contributed by atoms with Crippen LogP contribution >= 0.6 is 15.9 Å². The standard InChI is InChI=1S/C14H17BrF2N6O/c1-18-14(20-7-12-21-8-22-23(12)2)19-6-9-5-10(15)3-4-11(9)24-13(16)17/h3-5,8,13H,6-7H2,1-2H3,(H2,18,19,20). The van der Waals surface area contributed by atoms with E-state index in [1.807, 2.05) is 0 Å². The number of hydrogen-bond acceptors (Lipinski definition) is 4. The highest BCUT2D eigenvalue weighted by Crippen LogP contribution is 2.24. The van der Waals surface area contributed by atoms with Crippen molar-refractivity contribution in [2.45, 2.75) is 19.7 Å². The minimum Gasteiger partial charge on any atom is -0.434 e. The molecule has 0 saturated heterocycles. The molecule has 2 rings (SSSR count). The van der Waals surface area contributed by atoms with Crippen LogP contribution < -0.4 is 15.4 Å². The lowest BCUT2D eigenvalue weighted by Gasteiger charge is -2.14. The number of nitrogens with zero attached hydrogens (tertiary/aromatic N) is 4. The fraction of sp³-hybridized carbons (Fsp3) is 0.357. The number of rotatable bonds is 6. The van der Waals surface area contributed by atoms with E-state index < -0.39 is 6.61 Å². The number of ether oxygens (including phenoxy) is 1. The Hall–Kier alpha value is -2.23. The van der Waals surface area contributed by atoms with Gasteiger partial charge < -0.3 is 15.4 Å². The zero-order valence-corrected chi connectivity index (χ0v) is 14.7. The van der Waals surface area contributed by atoms with Crippen molar-refractivity contribution in [3.05, 3.63) is 40.4 Å². The van der Waals surface area contributed by atoms with Crippen molar-refractivity contribution in [3.8, 4) is 5.75 Å². The molecule has 0 spiro atoms. The van der Waals surface area contributed by atoms with Crippen molar-refractivity contribution >= 4 is 21.9 Å². The number of benzene rings is 1. The molecular formula is C14H17BrF2N6O. The van der Waals surface area contributed by atoms with Crippen LogP contribution in [0.15, 0.2) is 34.0 Å². The van der Waals surface area contributed by atoms with Crippen LogP contribution in [0.1, 0.15) is 11.4 Å². The molecule has 0 unspecified atom stereocenters. The molecule has 10 heteroatoms. The molecule has 1 aromatic carbocycles. The van der Waals surface area contributed by atoms with Gasteiger partial charge in [0.15, 0.2) is 5.96 Å². The van der Waals surface area contributed by atoms with Gasteiger partial charge in [0.25, 0.3) is 0 Å². The molecule has 0 radical (unpaired) electrons. The first-order chi connectivity index (χ1) is 11.5. The number of halogens is 3. The molecule has 0 atom stereocenters. The van der Waals surface area contributed by atoms with Crippen LogP contribution in [0.3, 0.4) is 0 Å². The molecule has 0 amide bonds. The Morgan fingerprint density at radius 2 is 2.12 bits per heavy atom. The summed E-state index contributed by atoms with van der Waals surface area (Å²) in [5.41, 5.74) is 0.575. The van der Waals surface area contributed by atoms with Gasteiger partial charge in [0.1, 0.15) is 17.9 Å². The number of alkyl halides is 2. The van der Waals surface area contributed by atoms with Gasteiger partial charge in [-0.15, -0.1) is 0 Å². The molecule has 0 fully saturated rings. The van der Waals surface area contributed by atoms with E-state index in [0.29, 0.717) is 18.1 Å². The van der Waals surface area contributed by atoms with Crippen molar-refractivity contribution < 1.29 is 13.5 Å². The minimum absolute atomic E-state index is 0.115. The van der Waals surface area contributed by atoms with Gasteiger partial charge in [0, 0.05) is 30.7 Å². The Morgan fingerprint density at radius 3 is 2.75 bits per heavy atom. The number of aromatic nitrogens is 3. The predicted molar refractivity (Wildman–Crippen MR) is 88.8 cm³/mol. The Morgan fingerprint density at radius 1 is 1.38 bits per heavy atom. The third kappa shape index (κ3) is 5.15. The Balaban J connectivity index is 1.97. The van der Waals surface area contributed by atoms with Gasteiger partial charge in [-0.3, -0.25) is 9.67 Å².